The van der Waals surface area contributed by atoms with E-state index in [4.69, 9.17) is 0 Å². The van der Waals surface area contributed by atoms with Crippen molar-refractivity contribution >= 4 is 23.2 Å². The highest BCUT2D eigenvalue weighted by atomic mass is 16.2. The van der Waals surface area contributed by atoms with Gasteiger partial charge >= 0.3 is 0 Å². The Balaban J connectivity index is 1.86. The zero-order valence-electron chi connectivity index (χ0n) is 33.2. The van der Waals surface area contributed by atoms with E-state index in [1.54, 1.807) is 0 Å². The summed E-state index contributed by atoms with van der Waals surface area (Å²) in [5.41, 5.74) is 9.00. The van der Waals surface area contributed by atoms with E-state index in [1.807, 2.05) is 72.2 Å². The maximum atomic E-state index is 14.8. The van der Waals surface area contributed by atoms with Gasteiger partial charge in [0.25, 0.3) is 11.8 Å². The fourth-order valence-electron chi connectivity index (χ4n) is 6.14. The molecule has 0 aromatic heterocycles. The second-order valence-corrected chi connectivity index (χ2v) is 18.1. The van der Waals surface area contributed by atoms with Crippen molar-refractivity contribution in [2.24, 2.45) is 0 Å². The Morgan fingerprint density at radius 2 is 0.700 bits per heavy atom. The number of rotatable bonds is 7. The molecule has 0 bridgehead atoms. The van der Waals surface area contributed by atoms with E-state index in [0.29, 0.717) is 24.2 Å². The van der Waals surface area contributed by atoms with E-state index in [-0.39, 0.29) is 33.5 Å². The predicted molar refractivity (Wildman–Crippen MR) is 213 cm³/mol. The molecule has 4 aromatic carbocycles. The summed E-state index contributed by atoms with van der Waals surface area (Å²) in [6.45, 7) is 31.0. The Bertz CT molecular complexity index is 1650. The smallest absolute Gasteiger partial charge is 0.258 e. The first kappa shape index (κ1) is 38.6. The minimum Gasteiger partial charge on any atom is -0.306 e. The highest BCUT2D eigenvalue weighted by Crippen LogP contribution is 2.34. The fourth-order valence-corrected chi connectivity index (χ4v) is 6.14. The van der Waals surface area contributed by atoms with Crippen LogP contribution < -0.4 is 9.80 Å². The van der Waals surface area contributed by atoms with Crippen molar-refractivity contribution in [2.75, 3.05) is 22.9 Å². The maximum Gasteiger partial charge on any atom is 0.258 e. The van der Waals surface area contributed by atoms with Gasteiger partial charge < -0.3 is 9.80 Å². The third kappa shape index (κ3) is 8.94. The highest BCUT2D eigenvalue weighted by molar-refractivity contribution is 6.08. The molecule has 0 saturated heterocycles. The van der Waals surface area contributed by atoms with Crippen molar-refractivity contribution < 1.29 is 9.59 Å². The monoisotopic (exact) mass is 672 g/mol. The molecule has 0 radical (unpaired) electrons. The summed E-state index contributed by atoms with van der Waals surface area (Å²) in [6.07, 6.45) is 0. The predicted octanol–water partition coefficient (Wildman–Crippen LogP) is 11.5. The van der Waals surface area contributed by atoms with Crippen LogP contribution in [0.4, 0.5) is 11.4 Å². The second-order valence-electron chi connectivity index (χ2n) is 18.1. The maximum absolute atomic E-state index is 14.8. The minimum absolute atomic E-state index is 0.0715. The fraction of sp³-hybridized carbons (Fsp3) is 0.435. The topological polar surface area (TPSA) is 40.6 Å². The summed E-state index contributed by atoms with van der Waals surface area (Å²) in [7, 11) is 0. The van der Waals surface area contributed by atoms with Crippen molar-refractivity contribution in [1.82, 2.24) is 0 Å². The number of benzene rings is 4. The summed E-state index contributed by atoms with van der Waals surface area (Å²) in [5, 5.41) is 0. The van der Waals surface area contributed by atoms with E-state index >= 15 is 0 Å². The van der Waals surface area contributed by atoms with Gasteiger partial charge in [0.05, 0.1) is 0 Å². The molecule has 0 atom stereocenters. The van der Waals surface area contributed by atoms with Crippen molar-refractivity contribution in [3.63, 3.8) is 0 Å². The number of carbonyl (C=O) groups excluding carboxylic acids is 2. The van der Waals surface area contributed by atoms with Crippen LogP contribution in [0.3, 0.4) is 0 Å². The molecule has 0 spiro atoms. The van der Waals surface area contributed by atoms with E-state index < -0.39 is 0 Å². The molecule has 2 amide bonds. The molecule has 0 fully saturated rings. The lowest BCUT2D eigenvalue weighted by Crippen LogP contribution is -2.42. The average molecular weight is 673 g/mol. The third-order valence-corrected chi connectivity index (χ3v) is 9.67. The summed E-state index contributed by atoms with van der Waals surface area (Å²) in [5.74, 6) is -0.143. The molecule has 0 aliphatic rings. The summed E-state index contributed by atoms with van der Waals surface area (Å²) in [4.78, 5) is 33.4. The van der Waals surface area contributed by atoms with Crippen LogP contribution in [0.25, 0.3) is 0 Å². The largest absolute Gasteiger partial charge is 0.306 e. The number of amides is 2. The van der Waals surface area contributed by atoms with Crippen LogP contribution in [0.2, 0.25) is 0 Å². The number of para-hydroxylation sites is 2. The Morgan fingerprint density at radius 3 is 0.940 bits per heavy atom. The molecule has 0 aliphatic heterocycles. The van der Waals surface area contributed by atoms with Crippen LogP contribution in [0.15, 0.2) is 84.9 Å². The normalized spacial score (nSPS) is 12.5. The number of aryl methyl sites for hydroxylation is 2. The number of hydrogen-bond donors (Lipinski definition) is 0. The molecule has 266 valence electrons. The molecule has 4 nitrogen and oxygen atoms in total. The zero-order valence-corrected chi connectivity index (χ0v) is 33.2. The van der Waals surface area contributed by atoms with E-state index in [0.717, 1.165) is 44.8 Å². The first-order valence-corrected chi connectivity index (χ1v) is 18.1. The van der Waals surface area contributed by atoms with Gasteiger partial charge in [0.2, 0.25) is 0 Å². The molecule has 0 unspecified atom stereocenters. The van der Waals surface area contributed by atoms with E-state index in [9.17, 15) is 9.59 Å². The second kappa shape index (κ2) is 14.2. The first-order chi connectivity index (χ1) is 23.0. The van der Waals surface area contributed by atoms with Crippen molar-refractivity contribution in [2.45, 2.75) is 119 Å². The van der Waals surface area contributed by atoms with Gasteiger partial charge in [-0.25, -0.2) is 0 Å². The van der Waals surface area contributed by atoms with Crippen LogP contribution in [-0.4, -0.2) is 24.9 Å². The molecule has 4 aromatic rings. The lowest BCUT2D eigenvalue weighted by molar-refractivity contribution is 0.0967. The molecule has 50 heavy (non-hydrogen) atoms. The van der Waals surface area contributed by atoms with Crippen LogP contribution in [0, 0.1) is 13.8 Å². The summed E-state index contributed by atoms with van der Waals surface area (Å²) < 4.78 is 0. The van der Waals surface area contributed by atoms with Gasteiger partial charge in [0.15, 0.2) is 0 Å². The molecule has 4 heteroatoms. The molecule has 0 N–H and O–H groups in total. The Labute approximate surface area is 302 Å². The standard InChI is InChI=1S/C46H60N2O2/c1-31-19-15-17-21-39(31)47(41(49)33-25-35(43(3,4)5)29-36(26-33)44(6,7)8)23-24-48(40-22-18-16-20-32(40)2)42(50)34-27-37(45(9,10)11)30-38(28-34)46(12,13)14/h15-22,25-30H,23-24H2,1-14H3. The number of anilines is 2. The molecule has 4 rings (SSSR count). The van der Waals surface area contributed by atoms with E-state index in [2.05, 4.69) is 119 Å². The number of nitrogens with zero attached hydrogens (tertiary/aromatic N) is 2. The van der Waals surface area contributed by atoms with Crippen LogP contribution in [0.1, 0.15) is 137 Å². The van der Waals surface area contributed by atoms with Crippen LogP contribution in [0.5, 0.6) is 0 Å². The SMILES string of the molecule is Cc1ccccc1N(CCN(C(=O)c1cc(C(C)(C)C)cc(C(C)(C)C)c1)c1ccccc1C)C(=O)c1cc(C(C)(C)C)cc(C(C)(C)C)c1. The van der Waals surface area contributed by atoms with Gasteiger partial charge in [0.1, 0.15) is 0 Å². The molecule has 0 saturated carbocycles. The molecule has 0 heterocycles. The number of hydrogen-bond acceptors (Lipinski definition) is 2. The number of carbonyl (C=O) groups is 2. The van der Waals surface area contributed by atoms with Gasteiger partial charge in [-0.05, 0) is 105 Å². The zero-order chi connectivity index (χ0) is 37.4. The van der Waals surface area contributed by atoms with Gasteiger partial charge in [-0.15, -0.1) is 0 Å². The van der Waals surface area contributed by atoms with Gasteiger partial charge in [0, 0.05) is 35.6 Å². The lowest BCUT2D eigenvalue weighted by atomic mass is 9.79. The molecule has 0 aliphatic carbocycles. The lowest BCUT2D eigenvalue weighted by Gasteiger charge is -2.32. The highest BCUT2D eigenvalue weighted by Gasteiger charge is 2.29. The van der Waals surface area contributed by atoms with Crippen molar-refractivity contribution in [1.29, 1.82) is 0 Å². The Kier molecular flexibility index (Phi) is 11.0. The van der Waals surface area contributed by atoms with Gasteiger partial charge in [-0.1, -0.05) is 132 Å². The van der Waals surface area contributed by atoms with Crippen LogP contribution >= 0.6 is 0 Å². The van der Waals surface area contributed by atoms with Crippen molar-refractivity contribution in [3.05, 3.63) is 129 Å². The summed E-state index contributed by atoms with van der Waals surface area (Å²) >= 11 is 0. The van der Waals surface area contributed by atoms with Crippen molar-refractivity contribution in [3.8, 4) is 0 Å². The minimum atomic E-state index is -0.134. The van der Waals surface area contributed by atoms with Gasteiger partial charge in [-0.2, -0.15) is 0 Å². The molecular weight excluding hydrogens is 613 g/mol. The first-order valence-electron chi connectivity index (χ1n) is 18.1. The van der Waals surface area contributed by atoms with E-state index in [1.165, 1.54) is 0 Å². The quantitative estimate of drug-likeness (QED) is 0.196. The molecular formula is C46H60N2O2. The average Bonchev–Trinajstić information content (AvgIpc) is 3.01. The summed E-state index contributed by atoms with van der Waals surface area (Å²) in [6, 6.07) is 28.7. The Hall–Kier alpha value is -4.18. The third-order valence-electron chi connectivity index (χ3n) is 9.67. The van der Waals surface area contributed by atoms with Gasteiger partial charge in [-0.3, -0.25) is 9.59 Å². The van der Waals surface area contributed by atoms with Crippen LogP contribution in [-0.2, 0) is 21.7 Å². The Morgan fingerprint density at radius 1 is 0.440 bits per heavy atom.